The monoisotopic (exact) mass is 392 g/mol. The second kappa shape index (κ2) is 8.10. The van der Waals surface area contributed by atoms with Crippen molar-refractivity contribution < 1.29 is 35.8 Å². The van der Waals surface area contributed by atoms with Gasteiger partial charge in [0, 0.05) is 0 Å². The molecule has 27 heavy (non-hydrogen) atoms. The lowest BCUT2D eigenvalue weighted by Crippen LogP contribution is -2.33. The van der Waals surface area contributed by atoms with Gasteiger partial charge in [-0.2, -0.15) is 22.0 Å². The maximum absolute atomic E-state index is 13.9. The van der Waals surface area contributed by atoms with Crippen molar-refractivity contribution in [3.8, 4) is 11.5 Å². The van der Waals surface area contributed by atoms with Crippen molar-refractivity contribution in [2.24, 2.45) is 0 Å². The minimum atomic E-state index is -5.09. The van der Waals surface area contributed by atoms with Crippen molar-refractivity contribution in [2.45, 2.75) is 39.0 Å². The minimum absolute atomic E-state index is 0.158. The maximum Gasteiger partial charge on any atom is 0.432 e. The molecule has 0 saturated heterocycles. The zero-order valence-electron chi connectivity index (χ0n) is 14.7. The van der Waals surface area contributed by atoms with Gasteiger partial charge in [-0.1, -0.05) is 31.5 Å². The fraction of sp³-hybridized carbons (Fsp3) is 0.368. The number of ether oxygens (including phenoxy) is 2. The molecule has 148 valence electrons. The van der Waals surface area contributed by atoms with Crippen molar-refractivity contribution in [3.63, 3.8) is 0 Å². The Morgan fingerprint density at radius 3 is 2.11 bits per heavy atom. The number of hydrogen-bond donors (Lipinski definition) is 0. The molecule has 0 aliphatic carbocycles. The lowest BCUT2D eigenvalue weighted by atomic mass is 10.1. The van der Waals surface area contributed by atoms with Gasteiger partial charge in [-0.05, 0) is 42.7 Å². The fourth-order valence-corrected chi connectivity index (χ4v) is 2.42. The Kier molecular flexibility index (Phi) is 6.28. The van der Waals surface area contributed by atoms with Crippen LogP contribution in [0, 0.1) is 12.7 Å². The van der Waals surface area contributed by atoms with Gasteiger partial charge in [0.2, 0.25) is 0 Å². The van der Waals surface area contributed by atoms with Gasteiger partial charge in [0.15, 0.2) is 6.61 Å². The van der Waals surface area contributed by atoms with Crippen LogP contribution in [0.3, 0.4) is 0 Å². The van der Waals surface area contributed by atoms with Gasteiger partial charge in [-0.3, -0.25) is 0 Å². The van der Waals surface area contributed by atoms with E-state index in [1.165, 1.54) is 12.1 Å². The summed E-state index contributed by atoms with van der Waals surface area (Å²) < 4.78 is 89.8. The number of benzene rings is 2. The van der Waals surface area contributed by atoms with Crippen LogP contribution in [0.1, 0.15) is 30.0 Å². The largest absolute Gasteiger partial charge is 0.482 e. The fourth-order valence-electron chi connectivity index (χ4n) is 2.42. The molecule has 0 bridgehead atoms. The number of halogens is 6. The van der Waals surface area contributed by atoms with Crippen LogP contribution in [0.15, 0.2) is 36.4 Å². The number of aryl methyl sites for hydroxylation is 2. The molecule has 8 heteroatoms. The second-order valence-corrected chi connectivity index (χ2v) is 5.99. The van der Waals surface area contributed by atoms with Gasteiger partial charge < -0.3 is 9.47 Å². The molecule has 2 nitrogen and oxygen atoms in total. The molecule has 0 radical (unpaired) electrons. The highest BCUT2D eigenvalue weighted by Gasteiger charge is 2.40. The molecular weight excluding hydrogens is 374 g/mol. The molecule has 2 aromatic carbocycles. The minimum Gasteiger partial charge on any atom is -0.482 e. The van der Waals surface area contributed by atoms with Crippen LogP contribution in [-0.2, 0) is 12.6 Å². The van der Waals surface area contributed by atoms with Crippen molar-refractivity contribution in [1.82, 2.24) is 0 Å². The molecule has 0 heterocycles. The normalized spacial score (nSPS) is 12.1. The first-order valence-corrected chi connectivity index (χ1v) is 8.18. The molecule has 0 saturated carbocycles. The third kappa shape index (κ3) is 5.55. The summed E-state index contributed by atoms with van der Waals surface area (Å²) >= 11 is 0. The van der Waals surface area contributed by atoms with Gasteiger partial charge in [0.05, 0.1) is 0 Å². The average Bonchev–Trinajstić information content (AvgIpc) is 2.56. The Morgan fingerprint density at radius 2 is 1.56 bits per heavy atom. The van der Waals surface area contributed by atoms with Crippen molar-refractivity contribution >= 4 is 0 Å². The zero-order valence-corrected chi connectivity index (χ0v) is 14.7. The SMILES string of the molecule is CCCc1ccc(OC(F)(F)COc2ccc(C)c(F)c2C(F)(F)F)cc1. The third-order valence-electron chi connectivity index (χ3n) is 3.71. The molecule has 0 unspecified atom stereocenters. The molecule has 2 rings (SSSR count). The summed E-state index contributed by atoms with van der Waals surface area (Å²) in [6.45, 7) is 1.60. The zero-order chi connectivity index (χ0) is 20.2. The molecule has 0 aromatic heterocycles. The number of hydrogen-bond acceptors (Lipinski definition) is 2. The summed E-state index contributed by atoms with van der Waals surface area (Å²) in [6.07, 6.45) is -7.33. The summed E-state index contributed by atoms with van der Waals surface area (Å²) in [4.78, 5) is 0. The van der Waals surface area contributed by atoms with Crippen LogP contribution in [0.5, 0.6) is 11.5 Å². The molecule has 0 atom stereocenters. The molecule has 2 aromatic rings. The van der Waals surface area contributed by atoms with E-state index in [4.69, 9.17) is 0 Å². The molecule has 0 aliphatic heterocycles. The molecule has 0 aliphatic rings. The van der Waals surface area contributed by atoms with Crippen molar-refractivity contribution in [1.29, 1.82) is 0 Å². The van der Waals surface area contributed by atoms with E-state index in [9.17, 15) is 26.3 Å². The first-order chi connectivity index (χ1) is 12.5. The predicted octanol–water partition coefficient (Wildman–Crippen LogP) is 6.16. The van der Waals surface area contributed by atoms with Crippen LogP contribution in [-0.4, -0.2) is 12.7 Å². The highest BCUT2D eigenvalue weighted by Crippen LogP contribution is 2.39. The first kappa shape index (κ1) is 20.9. The molecule has 0 amide bonds. The van der Waals surface area contributed by atoms with E-state index < -0.39 is 36.0 Å². The quantitative estimate of drug-likeness (QED) is 0.526. The van der Waals surface area contributed by atoms with Gasteiger partial charge in [0.1, 0.15) is 22.9 Å². The van der Waals surface area contributed by atoms with Crippen LogP contribution < -0.4 is 9.47 Å². The van der Waals surface area contributed by atoms with Gasteiger partial charge in [-0.25, -0.2) is 4.39 Å². The van der Waals surface area contributed by atoms with Gasteiger partial charge in [0.25, 0.3) is 0 Å². The van der Waals surface area contributed by atoms with E-state index in [0.29, 0.717) is 0 Å². The Morgan fingerprint density at radius 1 is 0.926 bits per heavy atom. The van der Waals surface area contributed by atoms with Gasteiger partial charge in [-0.15, -0.1) is 0 Å². The summed E-state index contributed by atoms with van der Waals surface area (Å²) in [6, 6.07) is 7.74. The Hall–Kier alpha value is -2.38. The van der Waals surface area contributed by atoms with E-state index in [1.807, 2.05) is 6.92 Å². The molecule has 0 fully saturated rings. The van der Waals surface area contributed by atoms with Crippen molar-refractivity contribution in [3.05, 3.63) is 58.9 Å². The molecule has 0 N–H and O–H groups in total. The Balaban J connectivity index is 2.12. The molecule has 0 spiro atoms. The van der Waals surface area contributed by atoms with Crippen LogP contribution >= 0.6 is 0 Å². The second-order valence-electron chi connectivity index (χ2n) is 5.99. The van der Waals surface area contributed by atoms with E-state index in [-0.39, 0.29) is 11.3 Å². The third-order valence-corrected chi connectivity index (χ3v) is 3.71. The van der Waals surface area contributed by atoms with E-state index in [1.54, 1.807) is 12.1 Å². The standard InChI is InChI=1S/C19H18F6O2/c1-3-4-13-6-8-14(9-7-13)27-18(21,22)11-26-15-10-5-12(2)17(20)16(15)19(23,24)25/h5-10H,3-4,11H2,1-2H3. The maximum atomic E-state index is 13.9. The van der Waals surface area contributed by atoms with Crippen LogP contribution in [0.4, 0.5) is 26.3 Å². The summed E-state index contributed by atoms with van der Waals surface area (Å²) in [5.74, 6) is -2.74. The van der Waals surface area contributed by atoms with Crippen LogP contribution in [0.2, 0.25) is 0 Å². The van der Waals surface area contributed by atoms with E-state index >= 15 is 0 Å². The number of alkyl halides is 5. The Labute approximate surface area is 152 Å². The Bertz CT molecular complexity index is 769. The average molecular weight is 392 g/mol. The highest BCUT2D eigenvalue weighted by molar-refractivity contribution is 5.40. The topological polar surface area (TPSA) is 18.5 Å². The van der Waals surface area contributed by atoms with Crippen LogP contribution in [0.25, 0.3) is 0 Å². The van der Waals surface area contributed by atoms with Crippen molar-refractivity contribution in [2.75, 3.05) is 6.61 Å². The summed E-state index contributed by atoms with van der Waals surface area (Å²) in [5, 5.41) is 0. The highest BCUT2D eigenvalue weighted by atomic mass is 19.4. The van der Waals surface area contributed by atoms with E-state index in [0.717, 1.165) is 37.5 Å². The lowest BCUT2D eigenvalue weighted by Gasteiger charge is -2.21. The first-order valence-electron chi connectivity index (χ1n) is 8.18. The van der Waals surface area contributed by atoms with E-state index in [2.05, 4.69) is 9.47 Å². The smallest absolute Gasteiger partial charge is 0.432 e. The summed E-state index contributed by atoms with van der Waals surface area (Å²) in [7, 11) is 0. The number of rotatable bonds is 7. The molecular formula is C19H18F6O2. The lowest BCUT2D eigenvalue weighted by molar-refractivity contribution is -0.197. The predicted molar refractivity (Wildman–Crippen MR) is 87.6 cm³/mol. The van der Waals surface area contributed by atoms with Gasteiger partial charge >= 0.3 is 12.3 Å². The summed E-state index contributed by atoms with van der Waals surface area (Å²) in [5.41, 5.74) is -1.05.